The summed E-state index contributed by atoms with van der Waals surface area (Å²) in [5.41, 5.74) is 2.67. The Morgan fingerprint density at radius 3 is 2.55 bits per heavy atom. The first kappa shape index (κ1) is 26.4. The molecule has 2 heterocycles. The lowest BCUT2D eigenvalue weighted by Gasteiger charge is -2.32. The zero-order chi connectivity index (χ0) is 21.2. The fourth-order valence-corrected chi connectivity index (χ4v) is 4.21. The van der Waals surface area contributed by atoms with Crippen LogP contribution in [0.5, 0.6) is 0 Å². The summed E-state index contributed by atoms with van der Waals surface area (Å²) in [7, 11) is 0. The van der Waals surface area contributed by atoms with Gasteiger partial charge in [0.2, 0.25) is 0 Å². The third kappa shape index (κ3) is 9.24. The van der Waals surface area contributed by atoms with Gasteiger partial charge < -0.3 is 15.4 Å². The van der Waals surface area contributed by atoms with Crippen molar-refractivity contribution >= 4 is 29.9 Å². The van der Waals surface area contributed by atoms with Gasteiger partial charge in [-0.05, 0) is 56.8 Å². The number of nitrogens with one attached hydrogen (secondary N) is 2. The number of guanidine groups is 1. The van der Waals surface area contributed by atoms with Gasteiger partial charge in [-0.25, -0.2) is 4.99 Å². The molecule has 2 fully saturated rings. The summed E-state index contributed by atoms with van der Waals surface area (Å²) in [5.74, 6) is 1.78. The number of halogens is 1. The van der Waals surface area contributed by atoms with Crippen molar-refractivity contribution in [3.63, 3.8) is 0 Å². The van der Waals surface area contributed by atoms with E-state index in [9.17, 15) is 0 Å². The summed E-state index contributed by atoms with van der Waals surface area (Å²) < 4.78 is 5.46. The topological polar surface area (TPSA) is 52.1 Å². The lowest BCUT2D eigenvalue weighted by Crippen LogP contribution is -2.49. The molecule has 0 aliphatic carbocycles. The molecule has 3 rings (SSSR count). The third-order valence-corrected chi connectivity index (χ3v) is 6.27. The highest BCUT2D eigenvalue weighted by atomic mass is 127. The van der Waals surface area contributed by atoms with Crippen molar-refractivity contribution in [2.45, 2.75) is 52.7 Å². The van der Waals surface area contributed by atoms with Crippen molar-refractivity contribution < 1.29 is 4.74 Å². The number of aliphatic imine (C=N–C) groups is 1. The van der Waals surface area contributed by atoms with Crippen LogP contribution in [0.1, 0.15) is 44.7 Å². The fraction of sp³-hybridized carbons (Fsp3) is 0.708. The Kier molecular flexibility index (Phi) is 12.1. The van der Waals surface area contributed by atoms with E-state index in [1.165, 1.54) is 37.1 Å². The smallest absolute Gasteiger partial charge is 0.191 e. The molecular weight excluding hydrogens is 501 g/mol. The van der Waals surface area contributed by atoms with Crippen LogP contribution < -0.4 is 10.6 Å². The van der Waals surface area contributed by atoms with Gasteiger partial charge >= 0.3 is 0 Å². The van der Waals surface area contributed by atoms with Gasteiger partial charge in [-0.1, -0.05) is 31.2 Å². The molecule has 0 radical (unpaired) electrons. The Balaban J connectivity index is 0.00000341. The van der Waals surface area contributed by atoms with Crippen molar-refractivity contribution in [3.8, 4) is 0 Å². The lowest BCUT2D eigenvalue weighted by molar-refractivity contribution is 0.0211. The standard InChI is InChI=1S/C24H41N5O.HI/c1-4-25-24(26-17-21(3)29-12-14-30-15-13-29)27-18-22-6-5-7-23(16-22)19-28-10-8-20(2)9-11-28;/h5-7,16,20-21H,4,8-15,17-19H2,1-3H3,(H2,25,26,27);1H. The van der Waals surface area contributed by atoms with Gasteiger partial charge in [0.25, 0.3) is 0 Å². The minimum Gasteiger partial charge on any atom is -0.379 e. The molecule has 2 N–H and O–H groups in total. The Bertz CT molecular complexity index is 657. The maximum atomic E-state index is 5.46. The van der Waals surface area contributed by atoms with Gasteiger partial charge in [-0.3, -0.25) is 9.80 Å². The third-order valence-electron chi connectivity index (χ3n) is 6.27. The predicted octanol–water partition coefficient (Wildman–Crippen LogP) is 3.31. The van der Waals surface area contributed by atoms with Crippen molar-refractivity contribution in [3.05, 3.63) is 35.4 Å². The molecule has 6 nitrogen and oxygen atoms in total. The highest BCUT2D eigenvalue weighted by molar-refractivity contribution is 14.0. The monoisotopic (exact) mass is 543 g/mol. The van der Waals surface area contributed by atoms with E-state index < -0.39 is 0 Å². The van der Waals surface area contributed by atoms with Crippen LogP contribution in [0.4, 0.5) is 0 Å². The minimum absolute atomic E-state index is 0. The molecule has 2 saturated heterocycles. The first-order valence-electron chi connectivity index (χ1n) is 11.8. The fourth-order valence-electron chi connectivity index (χ4n) is 4.21. The molecule has 0 amide bonds. The first-order chi connectivity index (χ1) is 14.6. The Morgan fingerprint density at radius 2 is 1.84 bits per heavy atom. The van der Waals surface area contributed by atoms with Gasteiger partial charge in [-0.15, -0.1) is 24.0 Å². The van der Waals surface area contributed by atoms with E-state index in [-0.39, 0.29) is 24.0 Å². The predicted molar refractivity (Wildman–Crippen MR) is 140 cm³/mol. The Morgan fingerprint density at radius 1 is 1.13 bits per heavy atom. The number of nitrogens with zero attached hydrogens (tertiary/aromatic N) is 3. The molecule has 1 atom stereocenters. The highest BCUT2D eigenvalue weighted by Gasteiger charge is 2.17. The molecule has 0 aromatic heterocycles. The van der Waals surface area contributed by atoms with Crippen LogP contribution in [0.2, 0.25) is 0 Å². The first-order valence-corrected chi connectivity index (χ1v) is 11.8. The molecule has 7 heteroatoms. The normalized spacial score (nSPS) is 20.2. The molecule has 31 heavy (non-hydrogen) atoms. The average Bonchev–Trinajstić information content (AvgIpc) is 2.78. The summed E-state index contributed by atoms with van der Waals surface area (Å²) >= 11 is 0. The van der Waals surface area contributed by atoms with Gasteiger partial charge in [0, 0.05) is 38.8 Å². The number of ether oxygens (including phenoxy) is 1. The molecule has 1 unspecified atom stereocenters. The molecule has 1 aromatic rings. The summed E-state index contributed by atoms with van der Waals surface area (Å²) in [6.45, 7) is 16.4. The zero-order valence-electron chi connectivity index (χ0n) is 19.6. The SMILES string of the molecule is CCNC(=NCc1cccc(CN2CCC(C)CC2)c1)NCC(C)N1CCOCC1.I. The van der Waals surface area contributed by atoms with Gasteiger partial charge in [0.05, 0.1) is 19.8 Å². The van der Waals surface area contributed by atoms with Crippen LogP contribution in [0, 0.1) is 5.92 Å². The van der Waals surface area contributed by atoms with Crippen LogP contribution in [-0.2, 0) is 17.8 Å². The molecule has 176 valence electrons. The minimum atomic E-state index is 0. The van der Waals surface area contributed by atoms with Crippen LogP contribution in [0.25, 0.3) is 0 Å². The largest absolute Gasteiger partial charge is 0.379 e. The van der Waals surface area contributed by atoms with E-state index in [0.717, 1.165) is 57.8 Å². The maximum Gasteiger partial charge on any atom is 0.191 e. The summed E-state index contributed by atoms with van der Waals surface area (Å²) in [6.07, 6.45) is 2.65. The van der Waals surface area contributed by atoms with E-state index in [1.807, 2.05) is 0 Å². The average molecular weight is 544 g/mol. The zero-order valence-corrected chi connectivity index (χ0v) is 21.9. The number of benzene rings is 1. The number of hydrogen-bond donors (Lipinski definition) is 2. The second-order valence-corrected chi connectivity index (χ2v) is 8.85. The maximum absolute atomic E-state index is 5.46. The molecule has 1 aromatic carbocycles. The summed E-state index contributed by atoms with van der Waals surface area (Å²) in [4.78, 5) is 9.90. The van der Waals surface area contributed by atoms with E-state index in [4.69, 9.17) is 9.73 Å². The molecule has 0 saturated carbocycles. The molecule has 2 aliphatic heterocycles. The number of likely N-dealkylation sites (tertiary alicyclic amines) is 1. The number of rotatable bonds is 8. The van der Waals surface area contributed by atoms with E-state index in [1.54, 1.807) is 0 Å². The lowest BCUT2D eigenvalue weighted by atomic mass is 9.98. The van der Waals surface area contributed by atoms with Gasteiger partial charge in [0.1, 0.15) is 0 Å². The summed E-state index contributed by atoms with van der Waals surface area (Å²) in [5, 5.41) is 6.90. The number of morpholine rings is 1. The van der Waals surface area contributed by atoms with Gasteiger partial charge in [-0.2, -0.15) is 0 Å². The van der Waals surface area contributed by atoms with Crippen LogP contribution >= 0.6 is 24.0 Å². The summed E-state index contributed by atoms with van der Waals surface area (Å²) in [6, 6.07) is 9.40. The van der Waals surface area contributed by atoms with E-state index >= 15 is 0 Å². The van der Waals surface area contributed by atoms with Crippen molar-refractivity contribution in [2.24, 2.45) is 10.9 Å². The quantitative estimate of drug-likeness (QED) is 0.300. The second kappa shape index (κ2) is 14.3. The van der Waals surface area contributed by atoms with E-state index in [2.05, 4.69) is 65.5 Å². The number of hydrogen-bond acceptors (Lipinski definition) is 4. The number of piperidine rings is 1. The Hall–Kier alpha value is -0.900. The Labute approximate surface area is 206 Å². The van der Waals surface area contributed by atoms with Crippen molar-refractivity contribution in [1.82, 2.24) is 20.4 Å². The molecule has 2 aliphatic rings. The molecule has 0 bridgehead atoms. The van der Waals surface area contributed by atoms with Crippen molar-refractivity contribution in [1.29, 1.82) is 0 Å². The molecule has 0 spiro atoms. The van der Waals surface area contributed by atoms with Crippen LogP contribution in [0.15, 0.2) is 29.3 Å². The van der Waals surface area contributed by atoms with Crippen LogP contribution in [-0.4, -0.2) is 74.3 Å². The van der Waals surface area contributed by atoms with Crippen molar-refractivity contribution in [2.75, 3.05) is 52.5 Å². The second-order valence-electron chi connectivity index (χ2n) is 8.85. The van der Waals surface area contributed by atoms with Crippen LogP contribution in [0.3, 0.4) is 0 Å². The van der Waals surface area contributed by atoms with Gasteiger partial charge in [0.15, 0.2) is 5.96 Å². The molecular formula is C24H42IN5O. The highest BCUT2D eigenvalue weighted by Crippen LogP contribution is 2.18. The van der Waals surface area contributed by atoms with E-state index in [0.29, 0.717) is 12.6 Å².